The summed E-state index contributed by atoms with van der Waals surface area (Å²) in [5, 5.41) is 12.1. The number of hydrogen-bond acceptors (Lipinski definition) is 8. The van der Waals surface area contributed by atoms with Crippen LogP contribution < -0.4 is 20.5 Å². The lowest BCUT2D eigenvalue weighted by atomic mass is 10.00. The van der Waals surface area contributed by atoms with Gasteiger partial charge in [-0.2, -0.15) is 4.98 Å². The van der Waals surface area contributed by atoms with Crippen molar-refractivity contribution in [1.82, 2.24) is 10.3 Å². The molecule has 0 radical (unpaired) electrons. The van der Waals surface area contributed by atoms with Gasteiger partial charge in [-0.05, 0) is 59.4 Å². The van der Waals surface area contributed by atoms with Crippen LogP contribution in [0, 0.1) is 17.6 Å². The molecule has 1 amide bonds. The number of carbonyl (C=O) groups is 3. The molecule has 0 saturated heterocycles. The average Bonchev–Trinajstić information content (AvgIpc) is 2.98. The van der Waals surface area contributed by atoms with Crippen LogP contribution in [0.25, 0.3) is 11.1 Å². The highest BCUT2D eigenvalue weighted by Crippen LogP contribution is 2.32. The molecule has 0 aliphatic carbocycles. The van der Waals surface area contributed by atoms with Crippen LogP contribution in [0.1, 0.15) is 44.2 Å². The first kappa shape index (κ1) is 31.9. The van der Waals surface area contributed by atoms with Crippen molar-refractivity contribution in [2.45, 2.75) is 52.3 Å². The molecule has 10 nitrogen and oxygen atoms in total. The van der Waals surface area contributed by atoms with Crippen molar-refractivity contribution in [1.29, 1.82) is 0 Å². The Balaban J connectivity index is 1.92. The molecule has 0 spiro atoms. The number of carboxylic acids is 1. The van der Waals surface area contributed by atoms with Crippen LogP contribution in [-0.2, 0) is 32.2 Å². The van der Waals surface area contributed by atoms with Crippen molar-refractivity contribution in [2.75, 3.05) is 7.11 Å². The first-order chi connectivity index (χ1) is 20.0. The first-order valence-electron chi connectivity index (χ1n) is 13.3. The minimum absolute atomic E-state index is 0.0182. The number of ether oxygens (including phenoxy) is 3. The number of aromatic nitrogens is 1. The van der Waals surface area contributed by atoms with E-state index in [-0.39, 0.29) is 31.0 Å². The second kappa shape index (κ2) is 14.9. The Labute approximate surface area is 241 Å². The van der Waals surface area contributed by atoms with Gasteiger partial charge in [-0.3, -0.25) is 9.59 Å². The average molecular weight is 586 g/mol. The van der Waals surface area contributed by atoms with Crippen molar-refractivity contribution in [3.05, 3.63) is 71.3 Å². The molecule has 224 valence electrons. The van der Waals surface area contributed by atoms with Crippen molar-refractivity contribution >= 4 is 17.8 Å². The topological polar surface area (TPSA) is 150 Å². The highest BCUT2D eigenvalue weighted by molar-refractivity contribution is 5.79. The summed E-state index contributed by atoms with van der Waals surface area (Å²) in [6.07, 6.45) is -0.971. The predicted molar refractivity (Wildman–Crippen MR) is 149 cm³/mol. The highest BCUT2D eigenvalue weighted by atomic mass is 19.1. The summed E-state index contributed by atoms with van der Waals surface area (Å²) in [6, 6.07) is 12.9. The normalized spacial score (nSPS) is 12.2. The Morgan fingerprint density at radius 3 is 2.40 bits per heavy atom. The second-order valence-corrected chi connectivity index (χ2v) is 9.52. The Morgan fingerprint density at radius 2 is 1.74 bits per heavy atom. The van der Waals surface area contributed by atoms with Gasteiger partial charge < -0.3 is 30.4 Å². The molecular weight excluding hydrogens is 552 g/mol. The number of nitrogens with one attached hydrogen (secondary N) is 1. The van der Waals surface area contributed by atoms with E-state index in [0.29, 0.717) is 30.2 Å². The molecular formula is C30H33F2N3O7. The quantitative estimate of drug-likeness (QED) is 0.228. The van der Waals surface area contributed by atoms with Gasteiger partial charge in [0, 0.05) is 31.5 Å². The maximum atomic E-state index is 14.7. The smallest absolute Gasteiger partial charge is 0.344 e. The Kier molecular flexibility index (Phi) is 11.3. The molecule has 2 atom stereocenters. The fourth-order valence-electron chi connectivity index (χ4n) is 3.94. The molecule has 3 rings (SSSR count). The van der Waals surface area contributed by atoms with Gasteiger partial charge in [0.05, 0.1) is 7.11 Å². The number of nitrogens with two attached hydrogens (primary N) is 1. The molecule has 1 heterocycles. The molecule has 4 N–H and O–H groups in total. The first-order valence-corrected chi connectivity index (χ1v) is 13.3. The van der Waals surface area contributed by atoms with Gasteiger partial charge in [0.15, 0.2) is 17.7 Å². The number of methoxy groups -OCH3 is 1. The van der Waals surface area contributed by atoms with Crippen molar-refractivity contribution in [2.24, 2.45) is 11.7 Å². The zero-order valence-corrected chi connectivity index (χ0v) is 23.5. The third kappa shape index (κ3) is 8.71. The van der Waals surface area contributed by atoms with Gasteiger partial charge in [-0.15, -0.1) is 0 Å². The highest BCUT2D eigenvalue weighted by Gasteiger charge is 2.23. The number of pyridine rings is 1. The van der Waals surface area contributed by atoms with E-state index in [0.717, 1.165) is 11.1 Å². The number of halogens is 2. The zero-order valence-electron chi connectivity index (χ0n) is 23.5. The number of esters is 1. The Bertz CT molecular complexity index is 1430. The van der Waals surface area contributed by atoms with E-state index in [1.54, 1.807) is 19.1 Å². The monoisotopic (exact) mass is 585 g/mol. The number of amides is 1. The van der Waals surface area contributed by atoms with Gasteiger partial charge in [0.1, 0.15) is 5.75 Å². The van der Waals surface area contributed by atoms with Crippen molar-refractivity contribution < 1.29 is 42.5 Å². The van der Waals surface area contributed by atoms with Crippen LogP contribution in [0.4, 0.5) is 8.78 Å². The van der Waals surface area contributed by atoms with E-state index >= 15 is 0 Å². The summed E-state index contributed by atoms with van der Waals surface area (Å²) < 4.78 is 44.5. The predicted octanol–water partition coefficient (Wildman–Crippen LogP) is 4.73. The number of benzene rings is 2. The van der Waals surface area contributed by atoms with Crippen LogP contribution in [-0.4, -0.2) is 41.2 Å². The van der Waals surface area contributed by atoms with Gasteiger partial charge in [-0.25, -0.2) is 13.6 Å². The maximum absolute atomic E-state index is 14.7. The lowest BCUT2D eigenvalue weighted by Gasteiger charge is -2.16. The molecule has 1 unspecified atom stereocenters. The number of rotatable bonds is 14. The standard InChI is InChI=1S/C30H33F2N3O7/c1-4-25(30(38)39)42-29-24(32)14-23(31)28(35-29)41-22-12-19(16-34-27(37)17(2)8-9-26(36)40-3)11-21(13-22)20-7-5-6-18(10-20)15-33/h5-7,10-14,17,25H,4,8-9,15-16,33H2,1-3H3,(H,34,37)(H,38,39)/t17-,25?/m1/s1. The molecule has 0 aliphatic heterocycles. The van der Waals surface area contributed by atoms with Crippen LogP contribution in [0.5, 0.6) is 17.5 Å². The van der Waals surface area contributed by atoms with Crippen molar-refractivity contribution in [3.63, 3.8) is 0 Å². The largest absolute Gasteiger partial charge is 0.479 e. The van der Waals surface area contributed by atoms with Crippen LogP contribution in [0.3, 0.4) is 0 Å². The van der Waals surface area contributed by atoms with Gasteiger partial charge >= 0.3 is 11.9 Å². The van der Waals surface area contributed by atoms with E-state index in [2.05, 4.69) is 15.0 Å². The number of nitrogens with zero attached hydrogens (tertiary/aromatic N) is 1. The molecule has 3 aromatic rings. The second-order valence-electron chi connectivity index (χ2n) is 9.52. The number of hydrogen-bond donors (Lipinski definition) is 3. The molecule has 12 heteroatoms. The SMILES string of the molecule is CCC(Oc1nc(Oc2cc(CNC(=O)[C@H](C)CCC(=O)OC)cc(-c3cccc(CN)c3)c2)c(F)cc1F)C(=O)O. The number of carboxylic acid groups (broad SMARTS) is 1. The van der Waals surface area contributed by atoms with E-state index in [9.17, 15) is 28.3 Å². The van der Waals surface area contributed by atoms with E-state index in [4.69, 9.17) is 15.2 Å². The molecule has 42 heavy (non-hydrogen) atoms. The summed E-state index contributed by atoms with van der Waals surface area (Å²) in [5.74, 6) is -6.04. The van der Waals surface area contributed by atoms with E-state index in [1.165, 1.54) is 14.0 Å². The van der Waals surface area contributed by atoms with Crippen molar-refractivity contribution in [3.8, 4) is 28.6 Å². The van der Waals surface area contributed by atoms with Crippen LogP contribution in [0.15, 0.2) is 48.5 Å². The molecule has 0 saturated carbocycles. The molecule has 0 fully saturated rings. The summed E-state index contributed by atoms with van der Waals surface area (Å²) >= 11 is 0. The minimum atomic E-state index is -1.39. The van der Waals surface area contributed by atoms with Crippen LogP contribution in [0.2, 0.25) is 0 Å². The maximum Gasteiger partial charge on any atom is 0.344 e. The Morgan fingerprint density at radius 1 is 1.02 bits per heavy atom. The summed E-state index contributed by atoms with van der Waals surface area (Å²) in [5.41, 5.74) is 8.67. The summed E-state index contributed by atoms with van der Waals surface area (Å²) in [7, 11) is 1.28. The minimum Gasteiger partial charge on any atom is -0.479 e. The molecule has 0 aliphatic rings. The van der Waals surface area contributed by atoms with E-state index < -0.39 is 47.4 Å². The lowest BCUT2D eigenvalue weighted by Crippen LogP contribution is -2.29. The fraction of sp³-hybridized carbons (Fsp3) is 0.333. The van der Waals surface area contributed by atoms with Gasteiger partial charge in [0.2, 0.25) is 5.91 Å². The molecule has 1 aromatic heterocycles. The third-order valence-electron chi connectivity index (χ3n) is 6.37. The number of carbonyl (C=O) groups excluding carboxylic acids is 2. The molecule has 2 aromatic carbocycles. The van der Waals surface area contributed by atoms with Gasteiger partial charge in [0.25, 0.3) is 11.8 Å². The van der Waals surface area contributed by atoms with Gasteiger partial charge in [-0.1, -0.05) is 32.0 Å². The zero-order chi connectivity index (χ0) is 30.8. The Hall–Kier alpha value is -4.58. The fourth-order valence-corrected chi connectivity index (χ4v) is 3.94. The molecule has 0 bridgehead atoms. The summed E-state index contributed by atoms with van der Waals surface area (Å²) in [4.78, 5) is 39.2. The summed E-state index contributed by atoms with van der Waals surface area (Å²) in [6.45, 7) is 3.60. The van der Waals surface area contributed by atoms with Crippen LogP contribution >= 0.6 is 0 Å². The lowest BCUT2D eigenvalue weighted by molar-refractivity contribution is -0.145. The third-order valence-corrected chi connectivity index (χ3v) is 6.37. The number of aliphatic carboxylic acids is 1. The van der Waals surface area contributed by atoms with E-state index in [1.807, 2.05) is 30.3 Å².